The molecule has 0 bridgehead atoms. The molecule has 16 heavy (non-hydrogen) atoms. The molecule has 0 saturated heterocycles. The van der Waals surface area contributed by atoms with E-state index in [1.807, 2.05) is 6.07 Å². The van der Waals surface area contributed by atoms with Crippen LogP contribution in [0.4, 0.5) is 0 Å². The van der Waals surface area contributed by atoms with Gasteiger partial charge in [0.05, 0.1) is 18.2 Å². The summed E-state index contributed by atoms with van der Waals surface area (Å²) in [6, 6.07) is 7.42. The number of hydrogen-bond donors (Lipinski definition) is 1. The molecule has 0 aliphatic heterocycles. The second-order valence-corrected chi connectivity index (χ2v) is 3.71. The molecule has 0 spiro atoms. The number of esters is 1. The molecule has 0 heterocycles. The van der Waals surface area contributed by atoms with Crippen molar-refractivity contribution in [3.05, 3.63) is 29.3 Å². The number of nitriles is 1. The lowest BCUT2D eigenvalue weighted by Gasteiger charge is -2.06. The van der Waals surface area contributed by atoms with E-state index in [4.69, 9.17) is 10.00 Å². The molecule has 0 unspecified atom stereocenters. The minimum absolute atomic E-state index is 0.342. The van der Waals surface area contributed by atoms with Crippen molar-refractivity contribution in [3.8, 4) is 6.07 Å². The van der Waals surface area contributed by atoms with Crippen molar-refractivity contribution in [1.82, 2.24) is 0 Å². The lowest BCUT2D eigenvalue weighted by atomic mass is 10.1. The Hall–Kier alpha value is -1.47. The van der Waals surface area contributed by atoms with Crippen molar-refractivity contribution in [2.45, 2.75) is 24.7 Å². The van der Waals surface area contributed by atoms with Crippen LogP contribution in [-0.2, 0) is 11.2 Å². The summed E-state index contributed by atoms with van der Waals surface area (Å²) in [5.41, 5.74) is 1.41. The minimum atomic E-state index is -0.369. The van der Waals surface area contributed by atoms with Gasteiger partial charge in [-0.1, -0.05) is 6.07 Å². The van der Waals surface area contributed by atoms with Crippen LogP contribution >= 0.6 is 12.6 Å². The van der Waals surface area contributed by atoms with Crippen molar-refractivity contribution >= 4 is 18.6 Å². The number of benzene rings is 1. The Morgan fingerprint density at radius 3 is 2.94 bits per heavy atom. The molecule has 0 N–H and O–H groups in total. The number of rotatable bonds is 4. The second-order valence-electron chi connectivity index (χ2n) is 3.23. The smallest absolute Gasteiger partial charge is 0.339 e. The fourth-order valence-electron chi connectivity index (χ4n) is 1.31. The third-order valence-corrected chi connectivity index (χ3v) is 2.47. The first kappa shape index (κ1) is 12.6. The van der Waals surface area contributed by atoms with E-state index in [1.54, 1.807) is 19.1 Å². The monoisotopic (exact) mass is 235 g/mol. The predicted octanol–water partition coefficient (Wildman–Crippen LogP) is 2.61. The molecule has 0 aromatic heterocycles. The molecule has 0 radical (unpaired) electrons. The van der Waals surface area contributed by atoms with Crippen molar-refractivity contribution in [2.24, 2.45) is 0 Å². The summed E-state index contributed by atoms with van der Waals surface area (Å²) in [4.78, 5) is 12.2. The summed E-state index contributed by atoms with van der Waals surface area (Å²) in [7, 11) is 0. The number of carbonyl (C=O) groups excluding carboxylic acids is 1. The Bertz CT molecular complexity index is 424. The van der Waals surface area contributed by atoms with Gasteiger partial charge in [-0.2, -0.15) is 5.26 Å². The third kappa shape index (κ3) is 3.28. The summed E-state index contributed by atoms with van der Waals surface area (Å²) in [5, 5.41) is 8.49. The largest absolute Gasteiger partial charge is 0.462 e. The molecule has 0 amide bonds. The van der Waals surface area contributed by atoms with Gasteiger partial charge in [-0.15, -0.1) is 12.6 Å². The Labute approximate surface area is 100 Å². The van der Waals surface area contributed by atoms with Crippen LogP contribution in [-0.4, -0.2) is 12.6 Å². The average Bonchev–Trinajstić information content (AvgIpc) is 2.28. The summed E-state index contributed by atoms with van der Waals surface area (Å²) < 4.78 is 4.92. The summed E-state index contributed by atoms with van der Waals surface area (Å²) in [6.07, 6.45) is 1.07. The highest BCUT2D eigenvalue weighted by Gasteiger charge is 2.11. The van der Waals surface area contributed by atoms with Crippen LogP contribution in [0.1, 0.15) is 29.3 Å². The molecule has 0 atom stereocenters. The lowest BCUT2D eigenvalue weighted by Crippen LogP contribution is -2.06. The maximum atomic E-state index is 11.6. The maximum absolute atomic E-state index is 11.6. The molecule has 1 aromatic rings. The molecule has 3 nitrogen and oxygen atoms in total. The van der Waals surface area contributed by atoms with Gasteiger partial charge in [-0.25, -0.2) is 4.79 Å². The second kappa shape index (κ2) is 6.19. The standard InChI is InChI=1S/C12H13NO2S/c1-2-15-12(14)10-8-9(4-3-7-13)5-6-11(10)16/h5-6,8,16H,2-4H2,1H3. The van der Waals surface area contributed by atoms with Gasteiger partial charge in [0.2, 0.25) is 0 Å². The highest BCUT2D eigenvalue weighted by Crippen LogP contribution is 2.18. The van der Waals surface area contributed by atoms with Gasteiger partial charge in [0.1, 0.15) is 0 Å². The third-order valence-electron chi connectivity index (χ3n) is 2.08. The van der Waals surface area contributed by atoms with Gasteiger partial charge in [-0.3, -0.25) is 0 Å². The molecule has 1 aromatic carbocycles. The number of ether oxygens (including phenoxy) is 1. The van der Waals surface area contributed by atoms with Gasteiger partial charge < -0.3 is 4.74 Å². The topological polar surface area (TPSA) is 50.1 Å². The lowest BCUT2D eigenvalue weighted by molar-refractivity contribution is 0.0522. The van der Waals surface area contributed by atoms with Crippen LogP contribution in [0.25, 0.3) is 0 Å². The van der Waals surface area contributed by atoms with Crippen molar-refractivity contribution < 1.29 is 9.53 Å². The number of aryl methyl sites for hydroxylation is 1. The molecular weight excluding hydrogens is 222 g/mol. The number of nitrogens with zero attached hydrogens (tertiary/aromatic N) is 1. The summed E-state index contributed by atoms with van der Waals surface area (Å²) in [5.74, 6) is -0.369. The normalized spacial score (nSPS) is 9.56. The van der Waals surface area contributed by atoms with E-state index in [0.29, 0.717) is 29.9 Å². The first-order valence-corrected chi connectivity index (χ1v) is 5.49. The first-order chi connectivity index (χ1) is 7.69. The summed E-state index contributed by atoms with van der Waals surface area (Å²) >= 11 is 4.20. The van der Waals surface area contributed by atoms with Crippen LogP contribution in [0.15, 0.2) is 23.1 Å². The van der Waals surface area contributed by atoms with Crippen molar-refractivity contribution in [2.75, 3.05) is 6.61 Å². The molecule has 1 rings (SSSR count). The fraction of sp³-hybridized carbons (Fsp3) is 0.333. The minimum Gasteiger partial charge on any atom is -0.462 e. The predicted molar refractivity (Wildman–Crippen MR) is 63.6 cm³/mol. The van der Waals surface area contributed by atoms with Gasteiger partial charge in [0, 0.05) is 11.3 Å². The van der Waals surface area contributed by atoms with E-state index in [1.165, 1.54) is 0 Å². The Balaban J connectivity index is 2.90. The van der Waals surface area contributed by atoms with Gasteiger partial charge in [0.25, 0.3) is 0 Å². The molecule has 0 aliphatic carbocycles. The highest BCUT2D eigenvalue weighted by atomic mass is 32.1. The Kier molecular flexibility index (Phi) is 4.87. The molecule has 0 fully saturated rings. The fourth-order valence-corrected chi connectivity index (χ4v) is 1.54. The van der Waals surface area contributed by atoms with Crippen LogP contribution in [0.2, 0.25) is 0 Å². The first-order valence-electron chi connectivity index (χ1n) is 5.05. The SMILES string of the molecule is CCOC(=O)c1cc(CCC#N)ccc1S. The quantitative estimate of drug-likeness (QED) is 0.644. The molecule has 4 heteroatoms. The molecule has 0 saturated carbocycles. The van der Waals surface area contributed by atoms with E-state index < -0.39 is 0 Å². The zero-order valence-electron chi connectivity index (χ0n) is 9.06. The molecular formula is C12H13NO2S. The van der Waals surface area contributed by atoms with E-state index in [0.717, 1.165) is 5.56 Å². The van der Waals surface area contributed by atoms with Crippen LogP contribution < -0.4 is 0 Å². The van der Waals surface area contributed by atoms with Gasteiger partial charge in [0.15, 0.2) is 0 Å². The zero-order valence-corrected chi connectivity index (χ0v) is 9.96. The van der Waals surface area contributed by atoms with Crippen molar-refractivity contribution in [1.29, 1.82) is 5.26 Å². The van der Waals surface area contributed by atoms with E-state index in [9.17, 15) is 4.79 Å². The van der Waals surface area contributed by atoms with Crippen LogP contribution in [0.3, 0.4) is 0 Å². The van der Waals surface area contributed by atoms with E-state index in [2.05, 4.69) is 18.7 Å². The van der Waals surface area contributed by atoms with E-state index >= 15 is 0 Å². The number of hydrogen-bond acceptors (Lipinski definition) is 4. The van der Waals surface area contributed by atoms with Gasteiger partial charge >= 0.3 is 5.97 Å². The molecule has 0 aliphatic rings. The van der Waals surface area contributed by atoms with Crippen LogP contribution in [0, 0.1) is 11.3 Å². The highest BCUT2D eigenvalue weighted by molar-refractivity contribution is 7.80. The number of carbonyl (C=O) groups is 1. The number of thiol groups is 1. The van der Waals surface area contributed by atoms with Crippen molar-refractivity contribution in [3.63, 3.8) is 0 Å². The van der Waals surface area contributed by atoms with Gasteiger partial charge in [-0.05, 0) is 31.0 Å². The Morgan fingerprint density at radius 2 is 2.31 bits per heavy atom. The zero-order chi connectivity index (χ0) is 12.0. The Morgan fingerprint density at radius 1 is 1.56 bits per heavy atom. The van der Waals surface area contributed by atoms with E-state index in [-0.39, 0.29) is 5.97 Å². The van der Waals surface area contributed by atoms with Crippen LogP contribution in [0.5, 0.6) is 0 Å². The molecule has 84 valence electrons. The summed E-state index contributed by atoms with van der Waals surface area (Å²) in [6.45, 7) is 2.10. The average molecular weight is 235 g/mol. The maximum Gasteiger partial charge on any atom is 0.339 e.